The molecule has 0 spiro atoms. The summed E-state index contributed by atoms with van der Waals surface area (Å²) in [7, 11) is 1.69. The van der Waals surface area contributed by atoms with Crippen LogP contribution >= 0.6 is 0 Å². The number of hydrogen-bond acceptors (Lipinski definition) is 6. The molecule has 9 nitrogen and oxygen atoms in total. The molecule has 2 aromatic carbocycles. The average molecular weight is 625 g/mol. The summed E-state index contributed by atoms with van der Waals surface area (Å²) < 4.78 is 16.1. The predicted molar refractivity (Wildman–Crippen MR) is 180 cm³/mol. The summed E-state index contributed by atoms with van der Waals surface area (Å²) >= 11 is 0. The third kappa shape index (κ3) is 5.46. The number of benzene rings is 2. The topological polar surface area (TPSA) is 77.7 Å². The number of aromatic nitrogens is 4. The zero-order valence-corrected chi connectivity index (χ0v) is 28.3. The lowest BCUT2D eigenvalue weighted by Crippen LogP contribution is -2.57. The fourth-order valence-corrected chi connectivity index (χ4v) is 8.48. The Labute approximate surface area is 272 Å². The molecule has 7 rings (SSSR count). The number of nitrogens with zero attached hydrogens (tertiary/aromatic N) is 6. The van der Waals surface area contributed by atoms with Gasteiger partial charge >= 0.3 is 0 Å². The van der Waals surface area contributed by atoms with Crippen molar-refractivity contribution < 1.29 is 14.3 Å². The first-order valence-corrected chi connectivity index (χ1v) is 17.1. The molecule has 244 valence electrons. The van der Waals surface area contributed by atoms with Crippen LogP contribution in [0.15, 0.2) is 36.5 Å². The molecule has 0 N–H and O–H groups in total. The van der Waals surface area contributed by atoms with E-state index >= 15 is 0 Å². The van der Waals surface area contributed by atoms with Crippen molar-refractivity contribution in [3.63, 3.8) is 0 Å². The minimum absolute atomic E-state index is 0.116. The number of fused-ring (bicyclic) bond motifs is 2. The highest BCUT2D eigenvalue weighted by Gasteiger charge is 2.36. The first-order chi connectivity index (χ1) is 22.2. The van der Waals surface area contributed by atoms with Crippen LogP contribution in [0.25, 0.3) is 10.9 Å². The summed E-state index contributed by atoms with van der Waals surface area (Å²) in [5, 5.41) is 10.2. The lowest BCUT2D eigenvalue weighted by atomic mass is 9.95. The van der Waals surface area contributed by atoms with Crippen LogP contribution in [0.4, 0.5) is 0 Å². The van der Waals surface area contributed by atoms with Gasteiger partial charge in [-0.25, -0.2) is 4.68 Å². The maximum absolute atomic E-state index is 14.4. The standard InChI is InChI=1S/C37H48N6O3/c1-23-16-24(2)36-32(17-23)33(14-15-46-36)42-22-28(38-39-42)21-41-25(3)19-40(20-26(41)4)37(44)35-27(5)43(29-10-8-7-9-11-29)34-13-12-30(45-6)18-31(34)35/h12-13,16-18,22,25-26,29,33H,7-11,14-15,19-21H2,1-6H3/t25-,26+,33-/m1/s1. The molecular weight excluding hydrogens is 576 g/mol. The van der Waals surface area contributed by atoms with Crippen molar-refractivity contribution in [2.45, 2.75) is 104 Å². The van der Waals surface area contributed by atoms with Gasteiger partial charge in [0, 0.05) is 66.3 Å². The molecule has 0 radical (unpaired) electrons. The van der Waals surface area contributed by atoms with E-state index in [1.165, 1.54) is 48.8 Å². The van der Waals surface area contributed by atoms with Gasteiger partial charge in [0.15, 0.2) is 0 Å². The van der Waals surface area contributed by atoms with E-state index in [4.69, 9.17) is 9.47 Å². The summed E-state index contributed by atoms with van der Waals surface area (Å²) in [5.41, 5.74) is 7.60. The summed E-state index contributed by atoms with van der Waals surface area (Å²) in [6, 6.07) is 11.5. The van der Waals surface area contributed by atoms with Gasteiger partial charge in [-0.15, -0.1) is 5.10 Å². The normalized spacial score (nSPS) is 22.6. The Bertz CT molecular complexity index is 1740. The zero-order valence-electron chi connectivity index (χ0n) is 28.3. The SMILES string of the molecule is COc1ccc2c(c1)c(C(=O)N1C[C@@H](C)N(Cc3cn([C@@H]4CCOc5c(C)cc(C)cc54)nn3)[C@@H](C)C1)c(C)n2C1CCCCC1. The second-order valence-electron chi connectivity index (χ2n) is 13.9. The van der Waals surface area contributed by atoms with E-state index in [0.29, 0.717) is 32.3 Å². The number of carbonyl (C=O) groups excluding carboxylic acids is 1. The van der Waals surface area contributed by atoms with Crippen LogP contribution < -0.4 is 9.47 Å². The van der Waals surface area contributed by atoms with Crippen molar-refractivity contribution >= 4 is 16.8 Å². The molecule has 1 aliphatic carbocycles. The van der Waals surface area contributed by atoms with Gasteiger partial charge in [-0.1, -0.05) is 42.2 Å². The van der Waals surface area contributed by atoms with Crippen molar-refractivity contribution in [2.24, 2.45) is 0 Å². The zero-order chi connectivity index (χ0) is 32.1. The van der Waals surface area contributed by atoms with Crippen LogP contribution in [0.2, 0.25) is 0 Å². The number of piperazine rings is 1. The van der Waals surface area contributed by atoms with E-state index in [0.717, 1.165) is 45.8 Å². The minimum atomic E-state index is 0.116. The maximum Gasteiger partial charge on any atom is 0.256 e. The number of rotatable bonds is 6. The fourth-order valence-electron chi connectivity index (χ4n) is 8.48. The monoisotopic (exact) mass is 624 g/mol. The van der Waals surface area contributed by atoms with Crippen LogP contribution in [0, 0.1) is 20.8 Å². The van der Waals surface area contributed by atoms with Gasteiger partial charge in [-0.05, 0) is 71.2 Å². The second kappa shape index (κ2) is 12.4. The maximum atomic E-state index is 14.4. The lowest BCUT2D eigenvalue weighted by molar-refractivity contribution is 0.0264. The molecular formula is C37H48N6O3. The summed E-state index contributed by atoms with van der Waals surface area (Å²) in [6.45, 7) is 13.5. The van der Waals surface area contributed by atoms with Crippen LogP contribution in [0.5, 0.6) is 11.5 Å². The Kier molecular flexibility index (Phi) is 8.30. The number of ether oxygens (including phenoxy) is 2. The van der Waals surface area contributed by atoms with Gasteiger partial charge in [-0.3, -0.25) is 9.69 Å². The molecule has 46 heavy (non-hydrogen) atoms. The van der Waals surface area contributed by atoms with Gasteiger partial charge in [0.25, 0.3) is 5.91 Å². The quantitative estimate of drug-likeness (QED) is 0.235. The Hall–Kier alpha value is -3.85. The molecule has 2 fully saturated rings. The van der Waals surface area contributed by atoms with Crippen LogP contribution in [0.1, 0.15) is 103 Å². The van der Waals surface area contributed by atoms with Crippen molar-refractivity contribution in [1.82, 2.24) is 29.4 Å². The number of aryl methyl sites for hydroxylation is 2. The number of methoxy groups -OCH3 is 1. The van der Waals surface area contributed by atoms with Gasteiger partial charge in [0.2, 0.25) is 0 Å². The molecule has 0 bridgehead atoms. The molecule has 4 aromatic rings. The summed E-state index contributed by atoms with van der Waals surface area (Å²) in [6.07, 6.45) is 9.10. The van der Waals surface area contributed by atoms with E-state index in [1.54, 1.807) is 7.11 Å². The van der Waals surface area contributed by atoms with E-state index < -0.39 is 0 Å². The fraction of sp³-hybridized carbons (Fsp3) is 0.541. The minimum Gasteiger partial charge on any atom is -0.497 e. The third-order valence-electron chi connectivity index (χ3n) is 10.7. The third-order valence-corrected chi connectivity index (χ3v) is 10.7. The van der Waals surface area contributed by atoms with Gasteiger partial charge in [-0.2, -0.15) is 0 Å². The van der Waals surface area contributed by atoms with Crippen LogP contribution in [0.3, 0.4) is 0 Å². The Morgan fingerprint density at radius 2 is 1.76 bits per heavy atom. The molecule has 1 amide bonds. The molecule has 3 aliphatic rings. The first kappa shape index (κ1) is 30.8. The average Bonchev–Trinajstić information content (AvgIpc) is 3.63. The largest absolute Gasteiger partial charge is 0.497 e. The van der Waals surface area contributed by atoms with Gasteiger partial charge < -0.3 is 18.9 Å². The molecule has 9 heteroatoms. The lowest BCUT2D eigenvalue weighted by Gasteiger charge is -2.44. The molecule has 1 saturated carbocycles. The number of hydrogen-bond donors (Lipinski definition) is 0. The number of carbonyl (C=O) groups is 1. The van der Waals surface area contributed by atoms with Gasteiger partial charge in [0.05, 0.1) is 37.2 Å². The van der Waals surface area contributed by atoms with Crippen molar-refractivity contribution in [1.29, 1.82) is 0 Å². The Balaban J connectivity index is 1.10. The van der Waals surface area contributed by atoms with E-state index in [-0.39, 0.29) is 24.0 Å². The van der Waals surface area contributed by atoms with Crippen molar-refractivity contribution in [3.8, 4) is 11.5 Å². The van der Waals surface area contributed by atoms with E-state index in [1.807, 2.05) is 10.7 Å². The highest BCUT2D eigenvalue weighted by Crippen LogP contribution is 2.39. The second-order valence-corrected chi connectivity index (χ2v) is 13.9. The van der Waals surface area contributed by atoms with Crippen LogP contribution in [-0.4, -0.2) is 74.2 Å². The Morgan fingerprint density at radius 3 is 2.50 bits per heavy atom. The summed E-state index contributed by atoms with van der Waals surface area (Å²) in [4.78, 5) is 19.0. The molecule has 3 atom stereocenters. The smallest absolute Gasteiger partial charge is 0.256 e. The molecule has 0 unspecified atom stereocenters. The Morgan fingerprint density at radius 1 is 1.00 bits per heavy atom. The number of amides is 1. The van der Waals surface area contributed by atoms with Gasteiger partial charge in [0.1, 0.15) is 11.5 Å². The molecule has 4 heterocycles. The summed E-state index contributed by atoms with van der Waals surface area (Å²) in [5.74, 6) is 1.90. The van der Waals surface area contributed by atoms with E-state index in [2.05, 4.69) is 89.8 Å². The highest BCUT2D eigenvalue weighted by molar-refractivity contribution is 6.09. The van der Waals surface area contributed by atoms with E-state index in [9.17, 15) is 4.79 Å². The molecule has 2 aromatic heterocycles. The van der Waals surface area contributed by atoms with Crippen molar-refractivity contribution in [3.05, 3.63) is 70.2 Å². The highest BCUT2D eigenvalue weighted by atomic mass is 16.5. The van der Waals surface area contributed by atoms with Crippen molar-refractivity contribution in [2.75, 3.05) is 26.8 Å². The van der Waals surface area contributed by atoms with Crippen LogP contribution in [-0.2, 0) is 6.54 Å². The molecule has 1 saturated heterocycles. The first-order valence-electron chi connectivity index (χ1n) is 17.1. The predicted octanol–water partition coefficient (Wildman–Crippen LogP) is 6.78. The molecule has 2 aliphatic heterocycles.